The Hall–Kier alpha value is -0.0800. The Bertz CT molecular complexity index is 51.9. The van der Waals surface area contributed by atoms with Gasteiger partial charge >= 0.3 is 0 Å². The second kappa shape index (κ2) is 4.77. The second-order valence-electron chi connectivity index (χ2n) is 2.63. The van der Waals surface area contributed by atoms with Crippen LogP contribution in [-0.4, -0.2) is 22.4 Å². The summed E-state index contributed by atoms with van der Waals surface area (Å²) in [4.78, 5) is 0. The third-order valence-corrected chi connectivity index (χ3v) is 1.24. The zero-order valence-corrected chi connectivity index (χ0v) is 6.17. The van der Waals surface area contributed by atoms with Gasteiger partial charge in [0, 0.05) is 0 Å². The molecule has 0 aromatic carbocycles. The molecule has 0 amide bonds. The maximum atomic E-state index is 8.78. The highest BCUT2D eigenvalue weighted by atomic mass is 16.3. The van der Waals surface area contributed by atoms with Crippen molar-refractivity contribution in [2.24, 2.45) is 0 Å². The number of rotatable bonds is 4. The van der Waals surface area contributed by atoms with Crippen molar-refractivity contribution in [2.75, 3.05) is 0 Å². The first-order valence-electron chi connectivity index (χ1n) is 3.49. The van der Waals surface area contributed by atoms with Crippen LogP contribution < -0.4 is 0 Å². The predicted molar refractivity (Wildman–Crippen MR) is 37.2 cm³/mol. The van der Waals surface area contributed by atoms with Crippen molar-refractivity contribution in [1.82, 2.24) is 0 Å². The summed E-state index contributed by atoms with van der Waals surface area (Å²) >= 11 is 0. The van der Waals surface area contributed by atoms with E-state index >= 15 is 0 Å². The van der Waals surface area contributed by atoms with Gasteiger partial charge in [-0.3, -0.25) is 0 Å². The van der Waals surface area contributed by atoms with E-state index in [1.165, 1.54) is 0 Å². The fraction of sp³-hybridized carbons (Fsp3) is 1.00. The SMILES string of the molecule is CC(O)CCCC(C)O. The van der Waals surface area contributed by atoms with E-state index < -0.39 is 0 Å². The largest absolute Gasteiger partial charge is 0.393 e. The molecule has 2 unspecified atom stereocenters. The molecule has 2 atom stereocenters. The zero-order chi connectivity index (χ0) is 7.28. The molecule has 0 aromatic rings. The summed E-state index contributed by atoms with van der Waals surface area (Å²) in [6.45, 7) is 3.53. The molecule has 56 valence electrons. The summed E-state index contributed by atoms with van der Waals surface area (Å²) in [6, 6.07) is 0. The van der Waals surface area contributed by atoms with E-state index in [-0.39, 0.29) is 12.2 Å². The van der Waals surface area contributed by atoms with Crippen LogP contribution in [0, 0.1) is 0 Å². The molecule has 0 aromatic heterocycles. The van der Waals surface area contributed by atoms with Crippen LogP contribution in [0.4, 0.5) is 0 Å². The molecule has 0 aliphatic carbocycles. The van der Waals surface area contributed by atoms with Crippen LogP contribution in [0.1, 0.15) is 33.1 Å². The van der Waals surface area contributed by atoms with Gasteiger partial charge < -0.3 is 10.2 Å². The molecule has 0 heterocycles. The van der Waals surface area contributed by atoms with E-state index in [1.54, 1.807) is 13.8 Å². The van der Waals surface area contributed by atoms with Crippen molar-refractivity contribution < 1.29 is 10.2 Å². The van der Waals surface area contributed by atoms with Gasteiger partial charge in [0.05, 0.1) is 12.2 Å². The Morgan fingerprint density at radius 1 is 1.00 bits per heavy atom. The Balaban J connectivity index is 2.91. The van der Waals surface area contributed by atoms with E-state index in [4.69, 9.17) is 10.2 Å². The summed E-state index contributed by atoms with van der Waals surface area (Å²) < 4.78 is 0. The molecule has 0 saturated heterocycles. The molecule has 0 aliphatic rings. The van der Waals surface area contributed by atoms with Crippen molar-refractivity contribution in [3.8, 4) is 0 Å². The maximum absolute atomic E-state index is 8.78. The Kier molecular flexibility index (Phi) is 4.72. The van der Waals surface area contributed by atoms with Crippen LogP contribution in [-0.2, 0) is 0 Å². The minimum atomic E-state index is -0.219. The lowest BCUT2D eigenvalue weighted by Gasteiger charge is -2.04. The lowest BCUT2D eigenvalue weighted by molar-refractivity contribution is 0.153. The molecule has 0 fully saturated rings. The molecule has 0 saturated carbocycles. The quantitative estimate of drug-likeness (QED) is 0.597. The van der Waals surface area contributed by atoms with Gasteiger partial charge in [-0.25, -0.2) is 0 Å². The zero-order valence-electron chi connectivity index (χ0n) is 6.17. The highest BCUT2D eigenvalue weighted by Crippen LogP contribution is 2.02. The molecule has 0 bridgehead atoms. The van der Waals surface area contributed by atoms with Crippen LogP contribution >= 0.6 is 0 Å². The molecular formula is C7H16O2. The summed E-state index contributed by atoms with van der Waals surface area (Å²) in [5.74, 6) is 0. The molecule has 2 nitrogen and oxygen atoms in total. The van der Waals surface area contributed by atoms with Crippen molar-refractivity contribution in [3.05, 3.63) is 0 Å². The lowest BCUT2D eigenvalue weighted by Crippen LogP contribution is -2.03. The molecule has 0 spiro atoms. The molecule has 9 heavy (non-hydrogen) atoms. The maximum Gasteiger partial charge on any atom is 0.0512 e. The topological polar surface area (TPSA) is 40.5 Å². The van der Waals surface area contributed by atoms with Gasteiger partial charge in [0.1, 0.15) is 0 Å². The highest BCUT2D eigenvalue weighted by molar-refractivity contribution is 4.51. The number of hydrogen-bond acceptors (Lipinski definition) is 2. The van der Waals surface area contributed by atoms with E-state index in [9.17, 15) is 0 Å². The summed E-state index contributed by atoms with van der Waals surface area (Å²) in [7, 11) is 0. The van der Waals surface area contributed by atoms with Crippen LogP contribution in [0.5, 0.6) is 0 Å². The highest BCUT2D eigenvalue weighted by Gasteiger charge is 1.97. The van der Waals surface area contributed by atoms with Gasteiger partial charge in [-0.05, 0) is 33.1 Å². The van der Waals surface area contributed by atoms with Crippen molar-refractivity contribution in [2.45, 2.75) is 45.3 Å². The van der Waals surface area contributed by atoms with E-state index in [0.29, 0.717) is 0 Å². The summed E-state index contributed by atoms with van der Waals surface area (Å²) in [5.41, 5.74) is 0. The first kappa shape index (κ1) is 8.92. The molecule has 0 rings (SSSR count). The Labute approximate surface area is 56.5 Å². The fourth-order valence-electron chi connectivity index (χ4n) is 0.709. The Morgan fingerprint density at radius 2 is 1.33 bits per heavy atom. The second-order valence-corrected chi connectivity index (χ2v) is 2.63. The van der Waals surface area contributed by atoms with Gasteiger partial charge in [0.25, 0.3) is 0 Å². The first-order valence-corrected chi connectivity index (χ1v) is 3.49. The van der Waals surface area contributed by atoms with E-state index in [1.807, 2.05) is 0 Å². The lowest BCUT2D eigenvalue weighted by atomic mass is 10.1. The molecule has 2 N–H and O–H groups in total. The van der Waals surface area contributed by atoms with Gasteiger partial charge in [-0.2, -0.15) is 0 Å². The molecule has 0 radical (unpaired) electrons. The first-order chi connectivity index (χ1) is 4.13. The number of aliphatic hydroxyl groups excluding tert-OH is 2. The Morgan fingerprint density at radius 3 is 1.56 bits per heavy atom. The monoisotopic (exact) mass is 132 g/mol. The van der Waals surface area contributed by atoms with Gasteiger partial charge in [-0.15, -0.1) is 0 Å². The average molecular weight is 132 g/mol. The van der Waals surface area contributed by atoms with E-state index in [0.717, 1.165) is 19.3 Å². The van der Waals surface area contributed by atoms with Crippen LogP contribution in [0.3, 0.4) is 0 Å². The van der Waals surface area contributed by atoms with Crippen LogP contribution in [0.15, 0.2) is 0 Å². The number of aliphatic hydroxyl groups is 2. The molecule has 0 aliphatic heterocycles. The minimum absolute atomic E-state index is 0.219. The van der Waals surface area contributed by atoms with Crippen LogP contribution in [0.25, 0.3) is 0 Å². The standard InChI is InChI=1S/C7H16O2/c1-6(8)4-3-5-7(2)9/h6-9H,3-5H2,1-2H3. The minimum Gasteiger partial charge on any atom is -0.393 e. The van der Waals surface area contributed by atoms with Crippen molar-refractivity contribution >= 4 is 0 Å². The normalized spacial score (nSPS) is 17.3. The predicted octanol–water partition coefficient (Wildman–Crippen LogP) is 0.918. The summed E-state index contributed by atoms with van der Waals surface area (Å²) in [5, 5.41) is 17.6. The number of hydrogen-bond donors (Lipinski definition) is 2. The smallest absolute Gasteiger partial charge is 0.0512 e. The van der Waals surface area contributed by atoms with Crippen molar-refractivity contribution in [1.29, 1.82) is 0 Å². The van der Waals surface area contributed by atoms with Crippen LogP contribution in [0.2, 0.25) is 0 Å². The van der Waals surface area contributed by atoms with Gasteiger partial charge in [0.2, 0.25) is 0 Å². The third kappa shape index (κ3) is 7.92. The fourth-order valence-corrected chi connectivity index (χ4v) is 0.709. The van der Waals surface area contributed by atoms with E-state index in [2.05, 4.69) is 0 Å². The molecular weight excluding hydrogens is 116 g/mol. The van der Waals surface area contributed by atoms with Gasteiger partial charge in [-0.1, -0.05) is 0 Å². The van der Waals surface area contributed by atoms with Crippen molar-refractivity contribution in [3.63, 3.8) is 0 Å². The third-order valence-electron chi connectivity index (χ3n) is 1.24. The average Bonchev–Trinajstić information content (AvgIpc) is 1.63. The van der Waals surface area contributed by atoms with Gasteiger partial charge in [0.15, 0.2) is 0 Å². The summed E-state index contributed by atoms with van der Waals surface area (Å²) in [6.07, 6.45) is 2.07. The molecule has 2 heteroatoms.